The number of anilines is 1. The van der Waals surface area contributed by atoms with E-state index in [2.05, 4.69) is 35.3 Å². The molecule has 2 fully saturated rings. The molecule has 0 saturated heterocycles. The molecule has 3 aromatic rings. The lowest BCUT2D eigenvalue weighted by Gasteiger charge is -2.43. The zero-order valence-corrected chi connectivity index (χ0v) is 26.7. The molecule has 3 N–H and O–H groups in total. The summed E-state index contributed by atoms with van der Waals surface area (Å²) in [6.07, 6.45) is 0.0497. The van der Waals surface area contributed by atoms with Gasteiger partial charge in [-0.2, -0.15) is 13.2 Å². The summed E-state index contributed by atoms with van der Waals surface area (Å²) in [5.74, 6) is -3.05. The fourth-order valence-electron chi connectivity index (χ4n) is 5.36. The van der Waals surface area contributed by atoms with Crippen LogP contribution in [-0.4, -0.2) is 53.8 Å². The normalized spacial score (nSPS) is 17.3. The number of aromatic nitrogens is 2. The molecule has 14 heteroatoms. The summed E-state index contributed by atoms with van der Waals surface area (Å²) >= 11 is 5.22. The topological polar surface area (TPSA) is 80.6 Å². The average Bonchev–Trinajstić information content (AvgIpc) is 3.60. The first-order chi connectivity index (χ1) is 20.7. The van der Waals surface area contributed by atoms with Crippen molar-refractivity contribution in [2.45, 2.75) is 76.1 Å². The lowest BCUT2D eigenvalue weighted by Crippen LogP contribution is -2.47. The SMILES string of the molecule is C[Si](C)(C)CCOCn1cc(C2(C(F)(F)F)CCC2)c2c(Oc3c(F)cc(NC(=S)NCC4(CO)CC4)cc3F)ccnc21. The Morgan fingerprint density at radius 2 is 1.82 bits per heavy atom. The van der Waals surface area contributed by atoms with Gasteiger partial charge in [-0.05, 0) is 55.6 Å². The summed E-state index contributed by atoms with van der Waals surface area (Å²) in [6.45, 7) is 7.45. The van der Waals surface area contributed by atoms with Crippen molar-refractivity contribution in [3.05, 3.63) is 47.8 Å². The summed E-state index contributed by atoms with van der Waals surface area (Å²) in [4.78, 5) is 4.33. The predicted octanol–water partition coefficient (Wildman–Crippen LogP) is 7.46. The lowest BCUT2D eigenvalue weighted by molar-refractivity contribution is -0.212. The number of rotatable bonds is 12. The summed E-state index contributed by atoms with van der Waals surface area (Å²) in [5, 5.41) is 15.3. The van der Waals surface area contributed by atoms with Crippen molar-refractivity contribution in [1.29, 1.82) is 0 Å². The Balaban J connectivity index is 1.44. The van der Waals surface area contributed by atoms with Gasteiger partial charge >= 0.3 is 6.18 Å². The molecular weight excluding hydrogens is 619 g/mol. The van der Waals surface area contributed by atoms with E-state index in [1.807, 2.05) is 0 Å². The van der Waals surface area contributed by atoms with E-state index in [0.717, 1.165) is 31.0 Å². The minimum absolute atomic E-state index is 0.0149. The maximum atomic E-state index is 15.3. The van der Waals surface area contributed by atoms with E-state index in [0.29, 0.717) is 19.6 Å². The lowest BCUT2D eigenvalue weighted by atomic mass is 9.64. The van der Waals surface area contributed by atoms with Gasteiger partial charge in [-0.25, -0.2) is 13.8 Å². The Bertz CT molecular complexity index is 1510. The second-order valence-electron chi connectivity index (χ2n) is 13.1. The molecule has 0 bridgehead atoms. The van der Waals surface area contributed by atoms with Crippen molar-refractivity contribution in [2.24, 2.45) is 5.41 Å². The van der Waals surface area contributed by atoms with Crippen molar-refractivity contribution >= 4 is 42.1 Å². The number of benzene rings is 1. The van der Waals surface area contributed by atoms with Gasteiger partial charge in [0.1, 0.15) is 18.1 Å². The van der Waals surface area contributed by atoms with Crippen LogP contribution in [0.4, 0.5) is 27.6 Å². The largest absolute Gasteiger partial charge is 0.450 e. The van der Waals surface area contributed by atoms with Gasteiger partial charge in [0.2, 0.25) is 0 Å². The van der Waals surface area contributed by atoms with Gasteiger partial charge in [0.05, 0.1) is 17.4 Å². The van der Waals surface area contributed by atoms with Crippen molar-refractivity contribution < 1.29 is 36.5 Å². The fraction of sp³-hybridized carbons (Fsp3) is 0.533. The van der Waals surface area contributed by atoms with E-state index >= 15 is 8.78 Å². The number of ether oxygens (including phenoxy) is 2. The first kappa shape index (κ1) is 32.6. The molecular formula is C30H37F5N4O3SSi. The second-order valence-corrected chi connectivity index (χ2v) is 19.2. The molecule has 2 saturated carbocycles. The predicted molar refractivity (Wildman–Crippen MR) is 165 cm³/mol. The maximum absolute atomic E-state index is 15.3. The Kier molecular flexibility index (Phi) is 9.02. The van der Waals surface area contributed by atoms with Gasteiger partial charge < -0.3 is 29.8 Å². The number of nitrogens with one attached hydrogen (secondary N) is 2. The van der Waals surface area contributed by atoms with Crippen LogP contribution in [-0.2, 0) is 16.9 Å². The quantitative estimate of drug-likeness (QED) is 0.0809. The summed E-state index contributed by atoms with van der Waals surface area (Å²) in [7, 11) is -1.40. The number of pyridine rings is 1. The third kappa shape index (κ3) is 6.72. The molecule has 2 heterocycles. The number of aliphatic hydroxyl groups is 1. The van der Waals surface area contributed by atoms with E-state index in [4.69, 9.17) is 21.7 Å². The van der Waals surface area contributed by atoms with Crippen LogP contribution in [0, 0.1) is 17.0 Å². The van der Waals surface area contributed by atoms with E-state index in [1.54, 1.807) is 0 Å². The van der Waals surface area contributed by atoms with Crippen LogP contribution < -0.4 is 15.4 Å². The molecule has 7 nitrogen and oxygen atoms in total. The highest BCUT2D eigenvalue weighted by atomic mass is 32.1. The summed E-state index contributed by atoms with van der Waals surface area (Å²) in [6, 6.07) is 4.17. The summed E-state index contributed by atoms with van der Waals surface area (Å²) < 4.78 is 87.2. The number of alkyl halides is 3. The molecule has 1 aromatic carbocycles. The van der Waals surface area contributed by atoms with Gasteiger partial charge in [0.15, 0.2) is 22.5 Å². The van der Waals surface area contributed by atoms with Crippen LogP contribution in [0.2, 0.25) is 25.7 Å². The molecule has 0 atom stereocenters. The van der Waals surface area contributed by atoms with Gasteiger partial charge in [-0.15, -0.1) is 0 Å². The molecule has 0 unspecified atom stereocenters. The Morgan fingerprint density at radius 3 is 2.36 bits per heavy atom. The van der Waals surface area contributed by atoms with E-state index in [1.165, 1.54) is 23.0 Å². The highest BCUT2D eigenvalue weighted by molar-refractivity contribution is 7.80. The number of hydrogen-bond donors (Lipinski definition) is 3. The maximum Gasteiger partial charge on any atom is 0.398 e. The summed E-state index contributed by atoms with van der Waals surface area (Å²) in [5.41, 5.74) is -2.20. The smallest absolute Gasteiger partial charge is 0.398 e. The van der Waals surface area contributed by atoms with E-state index in [9.17, 15) is 18.3 Å². The Labute approximate surface area is 259 Å². The third-order valence-corrected chi connectivity index (χ3v) is 10.5. The molecule has 2 aromatic heterocycles. The number of aliphatic hydroxyl groups excluding tert-OH is 1. The van der Waals surface area contributed by atoms with Gasteiger partial charge in [-0.1, -0.05) is 26.1 Å². The van der Waals surface area contributed by atoms with Crippen LogP contribution in [0.15, 0.2) is 30.6 Å². The highest BCUT2D eigenvalue weighted by Gasteiger charge is 2.60. The number of halogens is 5. The van der Waals surface area contributed by atoms with E-state index in [-0.39, 0.29) is 64.7 Å². The van der Waals surface area contributed by atoms with Crippen molar-refractivity contribution in [1.82, 2.24) is 14.9 Å². The molecule has 2 aliphatic carbocycles. The van der Waals surface area contributed by atoms with Crippen LogP contribution in [0.1, 0.15) is 37.7 Å². The Morgan fingerprint density at radius 1 is 1.14 bits per heavy atom. The van der Waals surface area contributed by atoms with Gasteiger partial charge in [0.25, 0.3) is 0 Å². The van der Waals surface area contributed by atoms with Crippen molar-refractivity contribution in [3.63, 3.8) is 0 Å². The first-order valence-electron chi connectivity index (χ1n) is 14.6. The van der Waals surface area contributed by atoms with E-state index < -0.39 is 37.0 Å². The molecule has 0 radical (unpaired) electrons. The van der Waals surface area contributed by atoms with Gasteiger partial charge in [-0.3, -0.25) is 0 Å². The van der Waals surface area contributed by atoms with Crippen LogP contribution in [0.3, 0.4) is 0 Å². The number of fused-ring (bicyclic) bond motifs is 1. The molecule has 0 aliphatic heterocycles. The Hall–Kier alpha value is -2.81. The minimum Gasteiger partial charge on any atom is -0.450 e. The zero-order valence-electron chi connectivity index (χ0n) is 24.9. The molecule has 2 aliphatic rings. The zero-order chi connectivity index (χ0) is 31.9. The van der Waals surface area contributed by atoms with Crippen LogP contribution in [0.5, 0.6) is 11.5 Å². The molecule has 0 spiro atoms. The van der Waals surface area contributed by atoms with Crippen molar-refractivity contribution in [2.75, 3.05) is 25.1 Å². The molecule has 44 heavy (non-hydrogen) atoms. The molecule has 5 rings (SSSR count). The average molecular weight is 657 g/mol. The monoisotopic (exact) mass is 656 g/mol. The number of thiocarbonyl (C=S) groups is 1. The number of nitrogens with zero attached hydrogens (tertiary/aromatic N) is 2. The van der Waals surface area contributed by atoms with Crippen LogP contribution in [0.25, 0.3) is 11.0 Å². The number of hydrogen-bond acceptors (Lipinski definition) is 5. The minimum atomic E-state index is -4.55. The van der Waals surface area contributed by atoms with Crippen molar-refractivity contribution in [3.8, 4) is 11.5 Å². The second kappa shape index (κ2) is 12.2. The standard InChI is InChI=1S/C30H37F5N4O3SSi/c1-44(2,3)12-11-41-18-39-15-20(29(6-4-7-29)30(33,34)35)24-23(5-10-36-26(24)39)42-25-21(31)13-19(14-22(25)32)38-27(43)37-16-28(17-40)8-9-28/h5,10,13-15,40H,4,6-9,11-12,16-18H2,1-3H3,(H2,37,38,43). The van der Waals surface area contributed by atoms with Crippen LogP contribution >= 0.6 is 12.2 Å². The molecule has 0 amide bonds. The fourth-order valence-corrected chi connectivity index (χ4v) is 6.31. The first-order valence-corrected chi connectivity index (χ1v) is 18.7. The molecule has 240 valence electrons. The van der Waals surface area contributed by atoms with Gasteiger partial charge in [0, 0.05) is 56.9 Å². The highest BCUT2D eigenvalue weighted by Crippen LogP contribution is 2.57. The third-order valence-electron chi connectivity index (χ3n) is 8.60.